The quantitative estimate of drug-likeness (QED) is 0.651. The van der Waals surface area contributed by atoms with Crippen LogP contribution in [-0.4, -0.2) is 22.4 Å². The molecule has 1 aromatic rings. The second-order valence-electron chi connectivity index (χ2n) is 5.82. The molecule has 0 unspecified atom stereocenters. The Balaban J connectivity index is 1.84. The molecule has 112 valence electrons. The minimum Gasteiger partial charge on any atom is -0.399 e. The number of urea groups is 1. The van der Waals surface area contributed by atoms with E-state index in [9.17, 15) is 9.59 Å². The van der Waals surface area contributed by atoms with Gasteiger partial charge < -0.3 is 11.1 Å². The molecule has 1 saturated heterocycles. The maximum Gasteiger partial charge on any atom is 0.325 e. The average Bonchev–Trinajstić information content (AvgIpc) is 2.68. The number of nitrogens with zero attached hydrogens (tertiary/aromatic N) is 1. The van der Waals surface area contributed by atoms with E-state index >= 15 is 0 Å². The number of hydrogen-bond donors (Lipinski definition) is 2. The number of carbonyl (C=O) groups is 2. The van der Waals surface area contributed by atoms with E-state index in [-0.39, 0.29) is 18.5 Å². The number of rotatable bonds is 2. The Labute approximate surface area is 128 Å². The highest BCUT2D eigenvalue weighted by Gasteiger charge is 2.51. The van der Waals surface area contributed by atoms with Crippen LogP contribution in [0.4, 0.5) is 10.5 Å². The third kappa shape index (κ3) is 2.46. The number of nitrogens with two attached hydrogens (primary N) is 1. The Hall–Kier alpha value is -1.75. The van der Waals surface area contributed by atoms with Gasteiger partial charge in [0.05, 0.1) is 6.54 Å². The van der Waals surface area contributed by atoms with E-state index in [2.05, 4.69) is 5.32 Å². The highest BCUT2D eigenvalue weighted by atomic mass is 35.5. The van der Waals surface area contributed by atoms with Crippen molar-refractivity contribution in [2.24, 2.45) is 0 Å². The Morgan fingerprint density at radius 3 is 2.67 bits per heavy atom. The first-order chi connectivity index (χ1) is 10.0. The van der Waals surface area contributed by atoms with Gasteiger partial charge in [-0.25, -0.2) is 4.79 Å². The van der Waals surface area contributed by atoms with Gasteiger partial charge in [-0.1, -0.05) is 30.9 Å². The monoisotopic (exact) mass is 307 g/mol. The standard InChI is InChI=1S/C15H18ClN3O2/c16-12-5-4-11(17)8-10(12)9-19-13(20)15(18-14(19)21)6-2-1-3-7-15/h4-5,8H,1-3,6-7,9,17H2,(H,18,21). The van der Waals surface area contributed by atoms with Crippen LogP contribution in [0.1, 0.15) is 37.7 Å². The van der Waals surface area contributed by atoms with Gasteiger partial charge in [0.25, 0.3) is 5.91 Å². The summed E-state index contributed by atoms with van der Waals surface area (Å²) in [6.45, 7) is 0.163. The summed E-state index contributed by atoms with van der Waals surface area (Å²) in [4.78, 5) is 26.1. The van der Waals surface area contributed by atoms with Crippen molar-refractivity contribution in [3.8, 4) is 0 Å². The number of nitrogens with one attached hydrogen (secondary N) is 1. The van der Waals surface area contributed by atoms with Gasteiger partial charge in [0.1, 0.15) is 5.54 Å². The van der Waals surface area contributed by atoms with Crippen LogP contribution in [0.5, 0.6) is 0 Å². The number of imide groups is 1. The predicted octanol–water partition coefficient (Wildman–Crippen LogP) is 2.68. The molecule has 1 saturated carbocycles. The fourth-order valence-corrected chi connectivity index (χ4v) is 3.38. The fraction of sp³-hybridized carbons (Fsp3) is 0.467. The Morgan fingerprint density at radius 2 is 1.95 bits per heavy atom. The maximum atomic E-state index is 12.7. The zero-order chi connectivity index (χ0) is 15.0. The van der Waals surface area contributed by atoms with Crippen LogP contribution >= 0.6 is 11.6 Å². The van der Waals surface area contributed by atoms with Gasteiger partial charge in [0.15, 0.2) is 0 Å². The lowest BCUT2D eigenvalue weighted by Crippen LogP contribution is -2.48. The van der Waals surface area contributed by atoms with Crippen molar-refractivity contribution in [2.45, 2.75) is 44.2 Å². The average molecular weight is 308 g/mol. The molecular weight excluding hydrogens is 290 g/mol. The predicted molar refractivity (Wildman–Crippen MR) is 80.8 cm³/mol. The van der Waals surface area contributed by atoms with Crippen LogP contribution in [0.25, 0.3) is 0 Å². The normalized spacial score (nSPS) is 20.9. The summed E-state index contributed by atoms with van der Waals surface area (Å²) in [5.41, 5.74) is 6.30. The molecule has 1 spiro atoms. The summed E-state index contributed by atoms with van der Waals surface area (Å²) >= 11 is 6.12. The van der Waals surface area contributed by atoms with E-state index in [1.807, 2.05) is 0 Å². The van der Waals surface area contributed by atoms with Crippen molar-refractivity contribution in [3.05, 3.63) is 28.8 Å². The number of halogens is 1. The molecule has 0 radical (unpaired) electrons. The van der Waals surface area contributed by atoms with Gasteiger partial charge >= 0.3 is 6.03 Å². The van der Waals surface area contributed by atoms with Gasteiger partial charge in [-0.05, 0) is 36.6 Å². The highest BCUT2D eigenvalue weighted by molar-refractivity contribution is 6.31. The van der Waals surface area contributed by atoms with Gasteiger partial charge in [0.2, 0.25) is 0 Å². The number of benzene rings is 1. The third-order valence-electron chi connectivity index (χ3n) is 4.35. The molecule has 21 heavy (non-hydrogen) atoms. The summed E-state index contributed by atoms with van der Waals surface area (Å²) in [6.07, 6.45) is 4.50. The van der Waals surface area contributed by atoms with E-state index in [0.717, 1.165) is 32.1 Å². The zero-order valence-electron chi connectivity index (χ0n) is 11.7. The topological polar surface area (TPSA) is 75.4 Å². The lowest BCUT2D eigenvalue weighted by Gasteiger charge is -2.30. The van der Waals surface area contributed by atoms with Crippen LogP contribution < -0.4 is 11.1 Å². The summed E-state index contributed by atoms with van der Waals surface area (Å²) < 4.78 is 0. The number of amides is 3. The minimum atomic E-state index is -0.692. The molecule has 0 bridgehead atoms. The van der Waals surface area contributed by atoms with Gasteiger partial charge in [-0.2, -0.15) is 0 Å². The first kappa shape index (κ1) is 14.2. The smallest absolute Gasteiger partial charge is 0.325 e. The maximum absolute atomic E-state index is 12.7. The van der Waals surface area contributed by atoms with Crippen molar-refractivity contribution in [2.75, 3.05) is 5.73 Å². The number of hydrogen-bond acceptors (Lipinski definition) is 3. The van der Waals surface area contributed by atoms with Crippen molar-refractivity contribution in [1.82, 2.24) is 10.2 Å². The van der Waals surface area contributed by atoms with E-state index < -0.39 is 5.54 Å². The molecule has 1 heterocycles. The Bertz CT molecular complexity index is 597. The molecule has 3 amide bonds. The van der Waals surface area contributed by atoms with Crippen molar-refractivity contribution in [3.63, 3.8) is 0 Å². The summed E-state index contributed by atoms with van der Waals surface area (Å²) in [7, 11) is 0. The Morgan fingerprint density at radius 1 is 1.24 bits per heavy atom. The second kappa shape index (κ2) is 5.22. The molecule has 5 nitrogen and oxygen atoms in total. The molecule has 3 rings (SSSR count). The van der Waals surface area contributed by atoms with E-state index in [1.54, 1.807) is 18.2 Å². The minimum absolute atomic E-state index is 0.134. The number of carbonyl (C=O) groups excluding carboxylic acids is 2. The number of nitrogen functional groups attached to an aromatic ring is 1. The fourth-order valence-electron chi connectivity index (χ4n) is 3.20. The van der Waals surface area contributed by atoms with Crippen LogP contribution in [0.15, 0.2) is 18.2 Å². The molecule has 0 atom stereocenters. The van der Waals surface area contributed by atoms with Crippen molar-refractivity contribution >= 4 is 29.2 Å². The van der Waals surface area contributed by atoms with Gasteiger partial charge in [0, 0.05) is 10.7 Å². The Kier molecular flexibility index (Phi) is 3.53. The van der Waals surface area contributed by atoms with Crippen molar-refractivity contribution < 1.29 is 9.59 Å². The van der Waals surface area contributed by atoms with Crippen LogP contribution in [0.3, 0.4) is 0 Å². The van der Waals surface area contributed by atoms with Crippen molar-refractivity contribution in [1.29, 1.82) is 0 Å². The molecule has 3 N–H and O–H groups in total. The molecule has 1 aliphatic carbocycles. The van der Waals surface area contributed by atoms with Crippen LogP contribution in [0.2, 0.25) is 5.02 Å². The van der Waals surface area contributed by atoms with Crippen LogP contribution in [0, 0.1) is 0 Å². The highest BCUT2D eigenvalue weighted by Crippen LogP contribution is 2.34. The lowest BCUT2D eigenvalue weighted by atomic mass is 9.82. The molecule has 2 aliphatic rings. The lowest BCUT2D eigenvalue weighted by molar-refractivity contribution is -0.132. The largest absolute Gasteiger partial charge is 0.399 e. The van der Waals surface area contributed by atoms with Gasteiger partial charge in [-0.15, -0.1) is 0 Å². The van der Waals surface area contributed by atoms with E-state index in [4.69, 9.17) is 17.3 Å². The molecule has 2 fully saturated rings. The summed E-state index contributed by atoms with van der Waals surface area (Å²) in [6, 6.07) is 4.75. The first-order valence-electron chi connectivity index (χ1n) is 7.20. The number of anilines is 1. The van der Waals surface area contributed by atoms with E-state index in [0.29, 0.717) is 16.3 Å². The van der Waals surface area contributed by atoms with Crippen LogP contribution in [-0.2, 0) is 11.3 Å². The SMILES string of the molecule is Nc1ccc(Cl)c(CN2C(=O)NC3(CCCCC3)C2=O)c1. The summed E-state index contributed by atoms with van der Waals surface area (Å²) in [5, 5.41) is 3.40. The third-order valence-corrected chi connectivity index (χ3v) is 4.72. The zero-order valence-corrected chi connectivity index (χ0v) is 12.4. The first-order valence-corrected chi connectivity index (χ1v) is 7.58. The molecule has 1 aromatic carbocycles. The second-order valence-corrected chi connectivity index (χ2v) is 6.22. The molecule has 0 aromatic heterocycles. The molecule has 6 heteroatoms. The molecule has 1 aliphatic heterocycles. The van der Waals surface area contributed by atoms with Gasteiger partial charge in [-0.3, -0.25) is 9.69 Å². The molecular formula is C15H18ClN3O2. The summed E-state index contributed by atoms with van der Waals surface area (Å²) in [5.74, 6) is -0.134. The van der Waals surface area contributed by atoms with E-state index in [1.165, 1.54) is 4.90 Å².